The highest BCUT2D eigenvalue weighted by Crippen LogP contribution is 2.21. The van der Waals surface area contributed by atoms with Gasteiger partial charge >= 0.3 is 0 Å². The van der Waals surface area contributed by atoms with Gasteiger partial charge in [0.05, 0.1) is 12.5 Å². The third-order valence-electron chi connectivity index (χ3n) is 3.61. The number of carbonyl (C=O) groups excluding carboxylic acids is 2. The predicted molar refractivity (Wildman–Crippen MR) is 84.5 cm³/mol. The van der Waals surface area contributed by atoms with Gasteiger partial charge in [0.25, 0.3) is 0 Å². The van der Waals surface area contributed by atoms with E-state index in [-0.39, 0.29) is 30.3 Å². The first-order valence-corrected chi connectivity index (χ1v) is 7.81. The molecule has 1 fully saturated rings. The molecule has 6 heteroatoms. The van der Waals surface area contributed by atoms with Gasteiger partial charge in [0.15, 0.2) is 0 Å². The van der Waals surface area contributed by atoms with Gasteiger partial charge in [-0.1, -0.05) is 28.1 Å². The molecule has 5 nitrogen and oxygen atoms in total. The maximum absolute atomic E-state index is 12.3. The van der Waals surface area contributed by atoms with Crippen molar-refractivity contribution in [3.05, 3.63) is 34.3 Å². The normalized spacial score (nSPS) is 19.4. The summed E-state index contributed by atoms with van der Waals surface area (Å²) in [5, 5.41) is 2.85. The third kappa shape index (κ3) is 4.54. The summed E-state index contributed by atoms with van der Waals surface area (Å²) in [6.07, 6.45) is 1.10. The van der Waals surface area contributed by atoms with Gasteiger partial charge < -0.3 is 16.0 Å². The van der Waals surface area contributed by atoms with E-state index in [1.807, 2.05) is 24.3 Å². The number of hydrogen-bond acceptors (Lipinski definition) is 3. The summed E-state index contributed by atoms with van der Waals surface area (Å²) in [5.41, 5.74) is 6.75. The highest BCUT2D eigenvalue weighted by atomic mass is 79.9. The second-order valence-corrected chi connectivity index (χ2v) is 6.31. The molecule has 0 radical (unpaired) electrons. The van der Waals surface area contributed by atoms with Crippen LogP contribution < -0.4 is 11.1 Å². The Balaban J connectivity index is 2.07. The lowest BCUT2D eigenvalue weighted by Gasteiger charge is -2.22. The quantitative estimate of drug-likeness (QED) is 0.862. The maximum atomic E-state index is 12.3. The topological polar surface area (TPSA) is 75.4 Å². The van der Waals surface area contributed by atoms with Crippen molar-refractivity contribution in [1.29, 1.82) is 0 Å². The highest BCUT2D eigenvalue weighted by Gasteiger charge is 2.26. The molecule has 1 aliphatic rings. The molecule has 1 aromatic carbocycles. The Morgan fingerprint density at radius 1 is 1.43 bits per heavy atom. The van der Waals surface area contributed by atoms with Crippen molar-refractivity contribution in [3.8, 4) is 0 Å². The molecule has 1 aliphatic heterocycles. The molecule has 0 aromatic heterocycles. The SMILES string of the molecule is CC(=O)NC(CC(=O)N1CC[C@H](N)C1)c1ccc(Br)cc1. The van der Waals surface area contributed by atoms with Gasteiger partial charge in [-0.05, 0) is 24.1 Å². The first-order chi connectivity index (χ1) is 9.95. The van der Waals surface area contributed by atoms with E-state index in [1.54, 1.807) is 4.90 Å². The van der Waals surface area contributed by atoms with Crippen molar-refractivity contribution in [2.45, 2.75) is 31.8 Å². The number of nitrogens with two attached hydrogens (primary N) is 1. The van der Waals surface area contributed by atoms with Crippen LogP contribution in [0.25, 0.3) is 0 Å². The Morgan fingerprint density at radius 2 is 2.10 bits per heavy atom. The molecule has 1 aromatic rings. The number of amides is 2. The Kier molecular flexibility index (Phi) is 5.36. The van der Waals surface area contributed by atoms with Crippen LogP contribution in [0.15, 0.2) is 28.7 Å². The molecule has 0 bridgehead atoms. The third-order valence-corrected chi connectivity index (χ3v) is 4.13. The molecule has 0 aliphatic carbocycles. The van der Waals surface area contributed by atoms with E-state index in [0.717, 1.165) is 16.5 Å². The number of nitrogens with one attached hydrogen (secondary N) is 1. The fourth-order valence-electron chi connectivity index (χ4n) is 2.51. The number of likely N-dealkylation sites (tertiary alicyclic amines) is 1. The van der Waals surface area contributed by atoms with Crippen LogP contribution in [0.2, 0.25) is 0 Å². The van der Waals surface area contributed by atoms with E-state index in [4.69, 9.17) is 5.73 Å². The van der Waals surface area contributed by atoms with Gasteiger partial charge in [-0.3, -0.25) is 9.59 Å². The number of carbonyl (C=O) groups is 2. The van der Waals surface area contributed by atoms with Crippen LogP contribution in [-0.4, -0.2) is 35.8 Å². The average Bonchev–Trinajstić information content (AvgIpc) is 2.85. The summed E-state index contributed by atoms with van der Waals surface area (Å²) in [7, 11) is 0. The highest BCUT2D eigenvalue weighted by molar-refractivity contribution is 9.10. The van der Waals surface area contributed by atoms with Crippen LogP contribution in [0.3, 0.4) is 0 Å². The number of benzene rings is 1. The molecule has 3 N–H and O–H groups in total. The standard InChI is InChI=1S/C15H20BrN3O2/c1-10(20)18-14(11-2-4-12(16)5-3-11)8-15(21)19-7-6-13(17)9-19/h2-5,13-14H,6-9,17H2,1H3,(H,18,20)/t13-,14?/m0/s1. The zero-order chi connectivity index (χ0) is 15.4. The van der Waals surface area contributed by atoms with Crippen LogP contribution in [0.1, 0.15) is 31.4 Å². The lowest BCUT2D eigenvalue weighted by Crippen LogP contribution is -2.36. The monoisotopic (exact) mass is 353 g/mol. The van der Waals surface area contributed by atoms with Gasteiger partial charge in [0.1, 0.15) is 0 Å². The van der Waals surface area contributed by atoms with Crippen LogP contribution in [0.5, 0.6) is 0 Å². The Labute approximate surface area is 133 Å². The summed E-state index contributed by atoms with van der Waals surface area (Å²) in [6.45, 7) is 2.77. The Morgan fingerprint density at radius 3 is 2.62 bits per heavy atom. The molecular formula is C15H20BrN3O2. The molecule has 0 saturated carbocycles. The zero-order valence-corrected chi connectivity index (χ0v) is 13.6. The molecule has 0 spiro atoms. The Bertz CT molecular complexity index is 518. The molecule has 1 unspecified atom stereocenters. The lowest BCUT2D eigenvalue weighted by molar-refractivity contribution is -0.131. The number of nitrogens with zero attached hydrogens (tertiary/aromatic N) is 1. The average molecular weight is 354 g/mol. The summed E-state index contributed by atoms with van der Waals surface area (Å²) < 4.78 is 0.963. The van der Waals surface area contributed by atoms with Crippen molar-refractivity contribution in [2.75, 3.05) is 13.1 Å². The fraction of sp³-hybridized carbons (Fsp3) is 0.467. The van der Waals surface area contributed by atoms with E-state index in [9.17, 15) is 9.59 Å². The Hall–Kier alpha value is -1.40. The van der Waals surface area contributed by atoms with Crippen molar-refractivity contribution in [3.63, 3.8) is 0 Å². The first kappa shape index (κ1) is 16.0. The number of halogens is 1. The van der Waals surface area contributed by atoms with Gasteiger partial charge in [-0.15, -0.1) is 0 Å². The van der Waals surface area contributed by atoms with Crippen LogP contribution in [0.4, 0.5) is 0 Å². The van der Waals surface area contributed by atoms with Gasteiger partial charge in [0.2, 0.25) is 11.8 Å². The molecule has 2 rings (SSSR count). The summed E-state index contributed by atoms with van der Waals surface area (Å²) >= 11 is 3.38. The lowest BCUT2D eigenvalue weighted by atomic mass is 10.0. The van der Waals surface area contributed by atoms with Gasteiger partial charge in [-0.2, -0.15) is 0 Å². The molecular weight excluding hydrogens is 334 g/mol. The number of rotatable bonds is 4. The van der Waals surface area contributed by atoms with Crippen molar-refractivity contribution in [1.82, 2.24) is 10.2 Å². The fourth-order valence-corrected chi connectivity index (χ4v) is 2.77. The smallest absolute Gasteiger partial charge is 0.225 e. The molecule has 1 saturated heterocycles. The van der Waals surface area contributed by atoms with E-state index in [1.165, 1.54) is 6.92 Å². The summed E-state index contributed by atoms with van der Waals surface area (Å²) in [6, 6.07) is 7.39. The van der Waals surface area contributed by atoms with Crippen molar-refractivity contribution in [2.24, 2.45) is 5.73 Å². The van der Waals surface area contributed by atoms with Crippen molar-refractivity contribution >= 4 is 27.7 Å². The molecule has 2 amide bonds. The zero-order valence-electron chi connectivity index (χ0n) is 12.0. The van der Waals surface area contributed by atoms with E-state index < -0.39 is 0 Å². The minimum absolute atomic E-state index is 0.0321. The summed E-state index contributed by atoms with van der Waals surface area (Å²) in [4.78, 5) is 25.5. The van der Waals surface area contributed by atoms with Gasteiger partial charge in [-0.25, -0.2) is 0 Å². The second kappa shape index (κ2) is 7.04. The minimum Gasteiger partial charge on any atom is -0.349 e. The van der Waals surface area contributed by atoms with Crippen LogP contribution in [0, 0.1) is 0 Å². The van der Waals surface area contributed by atoms with E-state index >= 15 is 0 Å². The molecule has 21 heavy (non-hydrogen) atoms. The summed E-state index contributed by atoms with van der Waals surface area (Å²) in [5.74, 6) is -0.113. The molecule has 1 heterocycles. The largest absolute Gasteiger partial charge is 0.349 e. The van der Waals surface area contributed by atoms with E-state index in [2.05, 4.69) is 21.2 Å². The second-order valence-electron chi connectivity index (χ2n) is 5.40. The van der Waals surface area contributed by atoms with Crippen molar-refractivity contribution < 1.29 is 9.59 Å². The maximum Gasteiger partial charge on any atom is 0.225 e. The van der Waals surface area contributed by atoms with Gasteiger partial charge in [0, 0.05) is 30.5 Å². The molecule has 2 atom stereocenters. The number of hydrogen-bond donors (Lipinski definition) is 2. The first-order valence-electron chi connectivity index (χ1n) is 7.01. The van der Waals surface area contributed by atoms with Crippen LogP contribution >= 0.6 is 15.9 Å². The molecule has 114 valence electrons. The predicted octanol–water partition coefficient (Wildman–Crippen LogP) is 1.58. The van der Waals surface area contributed by atoms with Crippen LogP contribution in [-0.2, 0) is 9.59 Å². The van der Waals surface area contributed by atoms with E-state index in [0.29, 0.717) is 13.1 Å². The minimum atomic E-state index is -0.306.